The maximum Gasteiger partial charge on any atom is 0.243 e. The van der Waals surface area contributed by atoms with Gasteiger partial charge in [-0.15, -0.1) is 0 Å². The van der Waals surface area contributed by atoms with Crippen molar-refractivity contribution in [2.45, 2.75) is 44.4 Å². The molecule has 0 aliphatic carbocycles. The number of nitrogens with two attached hydrogens (primary N) is 1. The Kier molecular flexibility index (Phi) is 6.97. The van der Waals surface area contributed by atoms with Crippen LogP contribution in [-0.2, 0) is 23.5 Å². The van der Waals surface area contributed by atoms with Crippen LogP contribution in [0.3, 0.4) is 0 Å². The number of ether oxygens (including phenoxy) is 1. The maximum atomic E-state index is 13.3. The van der Waals surface area contributed by atoms with Crippen molar-refractivity contribution < 1.29 is 13.2 Å². The lowest BCUT2D eigenvalue weighted by molar-refractivity contribution is 0.278. The van der Waals surface area contributed by atoms with Crippen LogP contribution in [0.4, 0.5) is 0 Å². The van der Waals surface area contributed by atoms with E-state index < -0.39 is 10.0 Å². The molecule has 0 radical (unpaired) electrons. The third-order valence-electron chi connectivity index (χ3n) is 5.51. The van der Waals surface area contributed by atoms with Crippen LogP contribution in [0.25, 0.3) is 11.3 Å². The first kappa shape index (κ1) is 21.8. The zero-order valence-corrected chi connectivity index (χ0v) is 18.4. The zero-order chi connectivity index (χ0) is 21.0. The number of aromatic nitrogens is 2. The highest BCUT2D eigenvalue weighted by atomic mass is 32.2. The first-order valence-electron chi connectivity index (χ1n) is 10.4. The summed E-state index contributed by atoms with van der Waals surface area (Å²) in [4.78, 5) is 0.292. The summed E-state index contributed by atoms with van der Waals surface area (Å²) in [5, 5.41) is 4.57. The van der Waals surface area contributed by atoms with Crippen LogP contribution in [0.5, 0.6) is 5.75 Å². The van der Waals surface area contributed by atoms with Crippen LogP contribution in [0, 0.1) is 5.92 Å². The molecule has 0 atom stereocenters. The smallest absolute Gasteiger partial charge is 0.243 e. The molecule has 0 spiro atoms. The number of rotatable bonds is 8. The highest BCUT2D eigenvalue weighted by molar-refractivity contribution is 7.89. The van der Waals surface area contributed by atoms with E-state index >= 15 is 0 Å². The van der Waals surface area contributed by atoms with Crippen LogP contribution in [0.1, 0.15) is 38.8 Å². The standard InChI is InChI=1S/C21H32N4O3S/c1-4-6-17-13-20(24(3)23-17)19-14-18(7-8-21(19)28-5-2)29(26,27)25-11-9-16(15-22)10-12-25/h7-8,13-14,16H,4-6,9-12,15,22H2,1-3H3. The van der Waals surface area contributed by atoms with Gasteiger partial charge in [0.15, 0.2) is 0 Å². The molecule has 0 amide bonds. The van der Waals surface area contributed by atoms with E-state index in [0.29, 0.717) is 42.8 Å². The topological polar surface area (TPSA) is 90.5 Å². The summed E-state index contributed by atoms with van der Waals surface area (Å²) in [6.07, 6.45) is 3.50. The largest absolute Gasteiger partial charge is 0.493 e. The van der Waals surface area contributed by atoms with Gasteiger partial charge in [-0.3, -0.25) is 4.68 Å². The molecule has 0 bridgehead atoms. The fourth-order valence-electron chi connectivity index (χ4n) is 3.84. The molecule has 1 fully saturated rings. The minimum absolute atomic E-state index is 0.292. The van der Waals surface area contributed by atoms with Crippen LogP contribution < -0.4 is 10.5 Å². The third-order valence-corrected chi connectivity index (χ3v) is 7.40. The van der Waals surface area contributed by atoms with E-state index in [1.54, 1.807) is 27.2 Å². The van der Waals surface area contributed by atoms with Crippen molar-refractivity contribution in [1.29, 1.82) is 0 Å². The minimum Gasteiger partial charge on any atom is -0.493 e. The Morgan fingerprint density at radius 3 is 2.55 bits per heavy atom. The molecule has 7 nitrogen and oxygen atoms in total. The lowest BCUT2D eigenvalue weighted by atomic mass is 9.99. The third kappa shape index (κ3) is 4.65. The van der Waals surface area contributed by atoms with E-state index in [-0.39, 0.29) is 0 Å². The van der Waals surface area contributed by atoms with Gasteiger partial charge >= 0.3 is 0 Å². The van der Waals surface area contributed by atoms with E-state index in [4.69, 9.17) is 10.5 Å². The molecule has 1 aliphatic heterocycles. The van der Waals surface area contributed by atoms with Crippen LogP contribution in [0.2, 0.25) is 0 Å². The molecule has 0 saturated carbocycles. The van der Waals surface area contributed by atoms with Gasteiger partial charge in [0, 0.05) is 25.7 Å². The van der Waals surface area contributed by atoms with E-state index in [2.05, 4.69) is 12.0 Å². The normalized spacial score (nSPS) is 16.3. The lowest BCUT2D eigenvalue weighted by Gasteiger charge is -2.30. The quantitative estimate of drug-likeness (QED) is 0.709. The number of hydrogen-bond acceptors (Lipinski definition) is 5. The average molecular weight is 421 g/mol. The second-order valence-electron chi connectivity index (χ2n) is 7.57. The summed E-state index contributed by atoms with van der Waals surface area (Å²) in [6, 6.07) is 7.14. The SMILES string of the molecule is CCCc1cc(-c2cc(S(=O)(=O)N3CCC(CN)CC3)ccc2OCC)n(C)n1. The summed E-state index contributed by atoms with van der Waals surface area (Å²) in [7, 11) is -1.69. The van der Waals surface area contributed by atoms with Gasteiger partial charge in [0.25, 0.3) is 0 Å². The summed E-state index contributed by atoms with van der Waals surface area (Å²) in [6.45, 7) is 6.17. The van der Waals surface area contributed by atoms with Crippen LogP contribution in [-0.4, -0.2) is 48.7 Å². The van der Waals surface area contributed by atoms with E-state index in [0.717, 1.165) is 42.6 Å². The number of aryl methyl sites for hydroxylation is 2. The first-order chi connectivity index (χ1) is 13.9. The molecule has 1 aromatic heterocycles. The lowest BCUT2D eigenvalue weighted by Crippen LogP contribution is -2.40. The Morgan fingerprint density at radius 1 is 1.21 bits per heavy atom. The second kappa shape index (κ2) is 9.28. The van der Waals surface area contributed by atoms with Crippen molar-refractivity contribution in [2.75, 3.05) is 26.2 Å². The predicted octanol–water partition coefficient (Wildman–Crippen LogP) is 2.80. The molecule has 2 heterocycles. The summed E-state index contributed by atoms with van der Waals surface area (Å²) in [5.41, 5.74) is 8.35. The van der Waals surface area contributed by atoms with Gasteiger partial charge in [-0.2, -0.15) is 9.40 Å². The fourth-order valence-corrected chi connectivity index (χ4v) is 5.34. The van der Waals surface area contributed by atoms with Gasteiger partial charge in [-0.1, -0.05) is 13.3 Å². The van der Waals surface area contributed by atoms with Gasteiger partial charge in [-0.05, 0) is 62.9 Å². The molecule has 1 aliphatic rings. The monoisotopic (exact) mass is 420 g/mol. The van der Waals surface area contributed by atoms with Crippen molar-refractivity contribution in [3.8, 4) is 17.0 Å². The first-order valence-corrected chi connectivity index (χ1v) is 11.8. The van der Waals surface area contributed by atoms with Gasteiger partial charge in [0.2, 0.25) is 10.0 Å². The molecule has 1 aromatic carbocycles. The van der Waals surface area contributed by atoms with Gasteiger partial charge in [-0.25, -0.2) is 8.42 Å². The Morgan fingerprint density at radius 2 is 1.93 bits per heavy atom. The predicted molar refractivity (Wildman–Crippen MR) is 114 cm³/mol. The Labute approximate surface area is 173 Å². The van der Waals surface area contributed by atoms with Crippen LogP contribution in [0.15, 0.2) is 29.2 Å². The molecule has 8 heteroatoms. The molecule has 3 rings (SSSR count). The fraction of sp³-hybridized carbons (Fsp3) is 0.571. The zero-order valence-electron chi connectivity index (χ0n) is 17.6. The summed E-state index contributed by atoms with van der Waals surface area (Å²) < 4.78 is 35.7. The van der Waals surface area contributed by atoms with E-state index in [9.17, 15) is 8.42 Å². The Bertz CT molecular complexity index is 931. The Balaban J connectivity index is 1.98. The molecular formula is C21H32N4O3S. The number of sulfonamides is 1. The van der Waals surface area contributed by atoms with E-state index in [1.165, 1.54) is 0 Å². The van der Waals surface area contributed by atoms with Crippen molar-refractivity contribution >= 4 is 10.0 Å². The summed E-state index contributed by atoms with van der Waals surface area (Å²) >= 11 is 0. The molecule has 1 saturated heterocycles. The van der Waals surface area contributed by atoms with E-state index in [1.807, 2.05) is 20.0 Å². The molecule has 2 aromatic rings. The number of hydrogen-bond donors (Lipinski definition) is 1. The van der Waals surface area contributed by atoms with Crippen molar-refractivity contribution in [1.82, 2.24) is 14.1 Å². The molecule has 29 heavy (non-hydrogen) atoms. The molecule has 0 unspecified atom stereocenters. The molecular weight excluding hydrogens is 388 g/mol. The maximum absolute atomic E-state index is 13.3. The van der Waals surface area contributed by atoms with Gasteiger partial charge in [0.1, 0.15) is 5.75 Å². The van der Waals surface area contributed by atoms with Crippen molar-refractivity contribution in [3.63, 3.8) is 0 Å². The highest BCUT2D eigenvalue weighted by Crippen LogP contribution is 2.34. The van der Waals surface area contributed by atoms with Gasteiger partial charge in [0.05, 0.1) is 22.9 Å². The van der Waals surface area contributed by atoms with Crippen molar-refractivity contribution in [3.05, 3.63) is 30.0 Å². The second-order valence-corrected chi connectivity index (χ2v) is 9.51. The number of piperidine rings is 1. The highest BCUT2D eigenvalue weighted by Gasteiger charge is 2.30. The van der Waals surface area contributed by atoms with Crippen LogP contribution >= 0.6 is 0 Å². The minimum atomic E-state index is -3.56. The number of nitrogens with zero attached hydrogens (tertiary/aromatic N) is 3. The van der Waals surface area contributed by atoms with Gasteiger partial charge < -0.3 is 10.5 Å². The Hall–Kier alpha value is -1.90. The van der Waals surface area contributed by atoms with Crippen molar-refractivity contribution in [2.24, 2.45) is 18.7 Å². The summed E-state index contributed by atoms with van der Waals surface area (Å²) in [5.74, 6) is 1.07. The number of benzene rings is 1. The average Bonchev–Trinajstić information content (AvgIpc) is 3.08. The molecule has 160 valence electrons. The molecule has 2 N–H and O–H groups in total.